The fourth-order valence-corrected chi connectivity index (χ4v) is 4.49. The summed E-state index contributed by atoms with van der Waals surface area (Å²) in [7, 11) is 0. The van der Waals surface area contributed by atoms with Gasteiger partial charge in [-0.2, -0.15) is 0 Å². The van der Waals surface area contributed by atoms with E-state index in [1.54, 1.807) is 24.3 Å². The first-order chi connectivity index (χ1) is 15.1. The van der Waals surface area contributed by atoms with Crippen LogP contribution in [0, 0.1) is 11.8 Å². The zero-order chi connectivity index (χ0) is 22.1. The fraction of sp³-hybridized carbons (Fsp3) is 0.542. The van der Waals surface area contributed by atoms with Gasteiger partial charge in [0, 0.05) is 24.4 Å². The largest absolute Gasteiger partial charge is 0.389 e. The summed E-state index contributed by atoms with van der Waals surface area (Å²) in [5, 5.41) is 14.4. The van der Waals surface area contributed by atoms with Crippen LogP contribution in [0.5, 0.6) is 0 Å². The number of ether oxygens (including phenoxy) is 1. The van der Waals surface area contributed by atoms with Crippen LogP contribution >= 0.6 is 0 Å². The lowest BCUT2D eigenvalue weighted by atomic mass is 9.77. The third-order valence-electron chi connectivity index (χ3n) is 6.15. The number of hydrogen-bond donors (Lipinski definition) is 3. The van der Waals surface area contributed by atoms with Gasteiger partial charge >= 0.3 is 0 Å². The van der Waals surface area contributed by atoms with Crippen LogP contribution in [0.4, 0.5) is 0 Å². The Morgan fingerprint density at radius 2 is 1.77 bits per heavy atom. The van der Waals surface area contributed by atoms with Crippen LogP contribution < -0.4 is 10.6 Å². The molecular formula is C24H32N2O5. The second-order valence-corrected chi connectivity index (χ2v) is 8.27. The highest BCUT2D eigenvalue weighted by Crippen LogP contribution is 2.44. The molecule has 31 heavy (non-hydrogen) atoms. The van der Waals surface area contributed by atoms with Gasteiger partial charge in [0.1, 0.15) is 6.61 Å². The molecule has 0 spiro atoms. The molecular weight excluding hydrogens is 396 g/mol. The number of nitrogens with one attached hydrogen (secondary N) is 2. The van der Waals surface area contributed by atoms with E-state index in [9.17, 15) is 14.4 Å². The average Bonchev–Trinajstić information content (AvgIpc) is 3.40. The molecule has 2 aliphatic rings. The second kappa shape index (κ2) is 11.8. The van der Waals surface area contributed by atoms with E-state index in [4.69, 9.17) is 9.84 Å². The third-order valence-corrected chi connectivity index (χ3v) is 6.15. The second-order valence-electron chi connectivity index (χ2n) is 8.27. The summed E-state index contributed by atoms with van der Waals surface area (Å²) in [5.74, 6) is 0.0599. The Morgan fingerprint density at radius 3 is 2.52 bits per heavy atom. The molecule has 7 nitrogen and oxygen atoms in total. The number of aliphatic hydroxyl groups excluding tert-OH is 1. The molecule has 7 heteroatoms. The summed E-state index contributed by atoms with van der Waals surface area (Å²) in [6, 6.07) is 8.83. The van der Waals surface area contributed by atoms with E-state index >= 15 is 0 Å². The Balaban J connectivity index is 1.39. The van der Waals surface area contributed by atoms with Crippen molar-refractivity contribution in [1.82, 2.24) is 10.6 Å². The number of fused-ring (bicyclic) bond motifs is 2. The first-order valence-electron chi connectivity index (χ1n) is 11.1. The quantitative estimate of drug-likeness (QED) is 0.349. The molecule has 1 aromatic rings. The summed E-state index contributed by atoms with van der Waals surface area (Å²) in [4.78, 5) is 35.4. The topological polar surface area (TPSA) is 105 Å². The maximum absolute atomic E-state index is 12.2. The van der Waals surface area contributed by atoms with E-state index < -0.39 is 0 Å². The molecule has 1 aromatic carbocycles. The summed E-state index contributed by atoms with van der Waals surface area (Å²) in [6.45, 7) is 0.118. The Kier molecular flexibility index (Phi) is 8.79. The number of ketones is 1. The number of hydrogen-bond acceptors (Lipinski definition) is 5. The molecule has 2 saturated heterocycles. The van der Waals surface area contributed by atoms with Gasteiger partial charge < -0.3 is 20.5 Å². The highest BCUT2D eigenvalue weighted by Gasteiger charge is 2.47. The Morgan fingerprint density at radius 1 is 1.03 bits per heavy atom. The predicted octanol–water partition coefficient (Wildman–Crippen LogP) is 2.00. The van der Waals surface area contributed by atoms with Gasteiger partial charge in [0.2, 0.25) is 5.91 Å². The molecule has 0 aliphatic carbocycles. The van der Waals surface area contributed by atoms with Gasteiger partial charge in [0.05, 0.1) is 18.8 Å². The molecule has 0 aromatic heterocycles. The van der Waals surface area contributed by atoms with Crippen molar-refractivity contribution in [3.8, 4) is 0 Å². The number of unbranched alkanes of at least 4 members (excludes halogenated alkanes) is 1. The molecule has 0 saturated carbocycles. The molecule has 168 valence electrons. The molecule has 0 unspecified atom stereocenters. The smallest absolute Gasteiger partial charge is 0.251 e. The average molecular weight is 429 g/mol. The van der Waals surface area contributed by atoms with Crippen molar-refractivity contribution in [2.75, 3.05) is 19.7 Å². The van der Waals surface area contributed by atoms with Crippen molar-refractivity contribution in [2.45, 2.75) is 50.7 Å². The number of amides is 2. The first kappa shape index (κ1) is 23.2. The molecule has 3 N–H and O–H groups in total. The number of rotatable bonds is 12. The van der Waals surface area contributed by atoms with Gasteiger partial charge in [-0.3, -0.25) is 14.4 Å². The molecule has 2 amide bonds. The maximum atomic E-state index is 12.2. The summed E-state index contributed by atoms with van der Waals surface area (Å²) < 4.78 is 6.08. The maximum Gasteiger partial charge on any atom is 0.251 e. The van der Waals surface area contributed by atoms with Crippen molar-refractivity contribution >= 4 is 17.6 Å². The first-order valence-corrected chi connectivity index (χ1v) is 11.1. The van der Waals surface area contributed by atoms with Gasteiger partial charge in [-0.25, -0.2) is 0 Å². The Hall–Kier alpha value is -2.51. The van der Waals surface area contributed by atoms with Gasteiger partial charge in [-0.15, -0.1) is 0 Å². The van der Waals surface area contributed by atoms with Crippen molar-refractivity contribution in [3.63, 3.8) is 0 Å². The molecule has 2 heterocycles. The van der Waals surface area contributed by atoms with E-state index in [2.05, 4.69) is 22.8 Å². The fourth-order valence-electron chi connectivity index (χ4n) is 4.49. The predicted molar refractivity (Wildman–Crippen MR) is 116 cm³/mol. The summed E-state index contributed by atoms with van der Waals surface area (Å²) in [5.41, 5.74) is 0.532. The molecule has 2 bridgehead atoms. The van der Waals surface area contributed by atoms with Crippen molar-refractivity contribution < 1.29 is 24.2 Å². The highest BCUT2D eigenvalue weighted by atomic mass is 16.5. The van der Waals surface area contributed by atoms with Crippen LogP contribution in [0.15, 0.2) is 42.5 Å². The van der Waals surface area contributed by atoms with E-state index in [-0.39, 0.29) is 48.9 Å². The minimum atomic E-state index is -0.379. The zero-order valence-electron chi connectivity index (χ0n) is 17.8. The zero-order valence-corrected chi connectivity index (χ0v) is 17.8. The normalized spacial score (nSPS) is 24.4. The highest BCUT2D eigenvalue weighted by molar-refractivity contribution is 5.96. The number of benzene rings is 1. The number of carbonyl (C=O) groups is 3. The van der Waals surface area contributed by atoms with Gasteiger partial charge in [-0.1, -0.05) is 30.4 Å². The van der Waals surface area contributed by atoms with Crippen LogP contribution in [0.1, 0.15) is 48.9 Å². The molecule has 0 radical (unpaired) electrons. The monoisotopic (exact) mass is 428 g/mol. The minimum Gasteiger partial charge on any atom is -0.389 e. The molecule has 4 atom stereocenters. The van der Waals surface area contributed by atoms with Gasteiger partial charge in [-0.05, 0) is 50.2 Å². The lowest BCUT2D eigenvalue weighted by Crippen LogP contribution is -2.42. The molecule has 2 fully saturated rings. The van der Waals surface area contributed by atoms with E-state index in [1.165, 1.54) is 0 Å². The molecule has 2 aliphatic heterocycles. The minimum absolute atomic E-state index is 0.0491. The number of carbonyl (C=O) groups excluding carboxylic acids is 3. The van der Waals surface area contributed by atoms with Gasteiger partial charge in [0.15, 0.2) is 5.78 Å². The lowest BCUT2D eigenvalue weighted by Gasteiger charge is -2.27. The molecule has 3 rings (SSSR count). The van der Waals surface area contributed by atoms with Crippen LogP contribution in [0.2, 0.25) is 0 Å². The van der Waals surface area contributed by atoms with Crippen LogP contribution in [0.25, 0.3) is 0 Å². The van der Waals surface area contributed by atoms with E-state index in [0.29, 0.717) is 24.4 Å². The van der Waals surface area contributed by atoms with Crippen LogP contribution in [0.3, 0.4) is 0 Å². The van der Waals surface area contributed by atoms with E-state index in [1.807, 2.05) is 6.07 Å². The summed E-state index contributed by atoms with van der Waals surface area (Å²) >= 11 is 0. The van der Waals surface area contributed by atoms with Crippen molar-refractivity contribution in [1.29, 1.82) is 0 Å². The van der Waals surface area contributed by atoms with Crippen LogP contribution in [-0.2, 0) is 14.3 Å². The Labute approximate surface area is 183 Å². The Bertz CT molecular complexity index is 779. The number of Topliss-reactive ketones (excluding diaryl/α,β-unsaturated/α-hetero) is 1. The standard InChI is InChI=1S/C24H32N2O5/c27-16-18(28)10-6-1-2-7-11-19-20(22-13-12-21(19)31-22)14-25-23(29)15-26-24(30)17-8-4-3-5-9-17/h2-5,7-9,19-22,27H,1,6,10-16H2,(H,25,29)(H,26,30)/t19-,20+,21-,22+/m1/s1. The van der Waals surface area contributed by atoms with E-state index in [0.717, 1.165) is 32.1 Å². The summed E-state index contributed by atoms with van der Waals surface area (Å²) in [6.07, 6.45) is 9.61. The SMILES string of the molecule is O=C(CO)CCCC=CC[C@@H]1[C@H](CNC(=O)CNC(=O)c2ccccc2)[C@@H]2CC[C@H]1O2. The number of aliphatic hydroxyl groups is 1. The number of allylic oxidation sites excluding steroid dienone is 2. The van der Waals surface area contributed by atoms with Crippen molar-refractivity contribution in [3.05, 3.63) is 48.0 Å². The lowest BCUT2D eigenvalue weighted by molar-refractivity contribution is -0.122. The van der Waals surface area contributed by atoms with Gasteiger partial charge in [0.25, 0.3) is 5.91 Å². The third kappa shape index (κ3) is 6.74. The van der Waals surface area contributed by atoms with Crippen LogP contribution in [-0.4, -0.2) is 54.6 Å². The van der Waals surface area contributed by atoms with Crippen molar-refractivity contribution in [2.24, 2.45) is 11.8 Å².